The normalized spacial score (nSPS) is 14.6. The van der Waals surface area contributed by atoms with Gasteiger partial charge in [-0.2, -0.15) is 0 Å². The monoisotopic (exact) mass is 420 g/mol. The minimum absolute atomic E-state index is 0.126. The number of hydrogen-bond donors (Lipinski definition) is 0. The molecular formula is C27H20N2O3. The second kappa shape index (κ2) is 6.44. The lowest BCUT2D eigenvalue weighted by Crippen LogP contribution is -2.18. The highest BCUT2D eigenvalue weighted by molar-refractivity contribution is 5.89. The van der Waals surface area contributed by atoms with E-state index < -0.39 is 0 Å². The summed E-state index contributed by atoms with van der Waals surface area (Å²) in [6, 6.07) is 27.7. The van der Waals surface area contributed by atoms with Crippen LogP contribution in [-0.2, 0) is 5.41 Å². The highest BCUT2D eigenvalue weighted by Crippen LogP contribution is 2.54. The van der Waals surface area contributed by atoms with Gasteiger partial charge in [0.15, 0.2) is 11.5 Å². The Bertz CT molecular complexity index is 1380. The Kier molecular flexibility index (Phi) is 3.75. The molecule has 1 aliphatic carbocycles. The molecule has 1 aliphatic heterocycles. The average molecular weight is 420 g/mol. The van der Waals surface area contributed by atoms with Gasteiger partial charge in [0.25, 0.3) is 5.69 Å². The van der Waals surface area contributed by atoms with Gasteiger partial charge >= 0.3 is 0 Å². The Morgan fingerprint density at radius 2 is 1.34 bits per heavy atom. The van der Waals surface area contributed by atoms with E-state index >= 15 is 0 Å². The Hall–Kier alpha value is -4.12. The molecule has 156 valence electrons. The Morgan fingerprint density at radius 3 is 1.97 bits per heavy atom. The quantitative estimate of drug-likeness (QED) is 0.219. The first-order valence-electron chi connectivity index (χ1n) is 10.5. The van der Waals surface area contributed by atoms with Gasteiger partial charge in [0.2, 0.25) is 0 Å². The van der Waals surface area contributed by atoms with Gasteiger partial charge < -0.3 is 9.64 Å². The second-order valence-electron chi connectivity index (χ2n) is 8.71. The minimum Gasteiger partial charge on any atom is -0.453 e. The van der Waals surface area contributed by atoms with Crippen molar-refractivity contribution in [1.29, 1.82) is 0 Å². The number of benzene rings is 4. The van der Waals surface area contributed by atoms with Crippen molar-refractivity contribution in [2.75, 3.05) is 4.90 Å². The van der Waals surface area contributed by atoms with Crippen LogP contribution in [0.3, 0.4) is 0 Å². The third kappa shape index (κ3) is 2.51. The van der Waals surface area contributed by atoms with E-state index in [1.807, 2.05) is 42.5 Å². The van der Waals surface area contributed by atoms with Gasteiger partial charge in [0, 0.05) is 23.2 Å². The highest BCUT2D eigenvalue weighted by Gasteiger charge is 2.37. The zero-order valence-electron chi connectivity index (χ0n) is 17.7. The van der Waals surface area contributed by atoms with Crippen molar-refractivity contribution in [3.63, 3.8) is 0 Å². The van der Waals surface area contributed by atoms with Crippen molar-refractivity contribution in [3.05, 3.63) is 106 Å². The molecule has 1 heterocycles. The van der Waals surface area contributed by atoms with Crippen molar-refractivity contribution >= 4 is 22.7 Å². The van der Waals surface area contributed by atoms with Crippen LogP contribution >= 0.6 is 0 Å². The van der Waals surface area contributed by atoms with Crippen LogP contribution in [-0.4, -0.2) is 4.92 Å². The second-order valence-corrected chi connectivity index (χ2v) is 8.71. The fraction of sp³-hybridized carbons (Fsp3) is 0.111. The molecule has 0 fully saturated rings. The van der Waals surface area contributed by atoms with Gasteiger partial charge in [-0.15, -0.1) is 0 Å². The molecule has 0 amide bonds. The number of anilines is 3. The van der Waals surface area contributed by atoms with Crippen LogP contribution in [0.1, 0.15) is 25.0 Å². The van der Waals surface area contributed by atoms with Crippen LogP contribution < -0.4 is 9.64 Å². The third-order valence-corrected chi connectivity index (χ3v) is 6.54. The number of nitrogens with zero attached hydrogens (tertiary/aromatic N) is 2. The summed E-state index contributed by atoms with van der Waals surface area (Å²) in [6.45, 7) is 4.26. The van der Waals surface area contributed by atoms with Crippen LogP contribution in [0.4, 0.5) is 22.7 Å². The van der Waals surface area contributed by atoms with Gasteiger partial charge in [-0.1, -0.05) is 44.2 Å². The average Bonchev–Trinajstić information content (AvgIpc) is 3.03. The molecule has 0 spiro atoms. The number of para-hydroxylation sites is 4. The fourth-order valence-electron chi connectivity index (χ4n) is 4.95. The number of non-ortho nitro benzene ring substituents is 1. The number of nitro groups is 1. The van der Waals surface area contributed by atoms with Gasteiger partial charge in [0.05, 0.1) is 16.3 Å². The summed E-state index contributed by atoms with van der Waals surface area (Å²) in [4.78, 5) is 13.3. The number of ether oxygens (including phenoxy) is 1. The van der Waals surface area contributed by atoms with Crippen LogP contribution in [0.5, 0.6) is 11.5 Å². The van der Waals surface area contributed by atoms with Crippen molar-refractivity contribution in [2.24, 2.45) is 0 Å². The molecule has 0 saturated heterocycles. The molecule has 0 aromatic heterocycles. The van der Waals surface area contributed by atoms with Crippen LogP contribution in [0, 0.1) is 10.1 Å². The summed E-state index contributed by atoms with van der Waals surface area (Å²) in [6.07, 6.45) is 0. The molecule has 0 unspecified atom stereocenters. The molecule has 5 heteroatoms. The third-order valence-electron chi connectivity index (χ3n) is 6.54. The standard InChI is InChI=1S/C27H20N2O3/c1-27(2)21-15-17(11-13-19(21)20-14-12-18(29(30)31)16-22(20)27)28-23-7-3-5-9-25(23)32-26-10-6-4-8-24(26)28/h3-16H,1-2H3. The van der Waals surface area contributed by atoms with Gasteiger partial charge in [-0.3, -0.25) is 10.1 Å². The fourth-order valence-corrected chi connectivity index (χ4v) is 4.95. The molecule has 0 atom stereocenters. The SMILES string of the molecule is CC1(C)c2cc(N3c4ccccc4Oc4ccccc43)ccc2-c2ccc([N+](=O)[O-])cc21. The Balaban J connectivity index is 1.54. The molecule has 5 nitrogen and oxygen atoms in total. The summed E-state index contributed by atoms with van der Waals surface area (Å²) in [5.41, 5.74) is 7.10. The van der Waals surface area contributed by atoms with E-state index in [4.69, 9.17) is 4.74 Å². The minimum atomic E-state index is -0.349. The van der Waals surface area contributed by atoms with Crippen molar-refractivity contribution in [1.82, 2.24) is 0 Å². The van der Waals surface area contributed by atoms with E-state index in [0.717, 1.165) is 50.8 Å². The van der Waals surface area contributed by atoms with E-state index in [1.165, 1.54) is 0 Å². The predicted octanol–water partition coefficient (Wildman–Crippen LogP) is 7.48. The molecule has 4 aromatic rings. The summed E-state index contributed by atoms with van der Waals surface area (Å²) in [5, 5.41) is 11.4. The first-order chi connectivity index (χ1) is 15.4. The molecule has 0 N–H and O–H groups in total. The molecule has 0 bridgehead atoms. The number of hydrogen-bond acceptors (Lipinski definition) is 4. The zero-order valence-corrected chi connectivity index (χ0v) is 17.7. The maximum absolute atomic E-state index is 11.4. The lowest BCUT2D eigenvalue weighted by Gasteiger charge is -2.33. The number of nitro benzene ring substituents is 1. The smallest absolute Gasteiger partial charge is 0.269 e. The van der Waals surface area contributed by atoms with Crippen LogP contribution in [0.25, 0.3) is 11.1 Å². The van der Waals surface area contributed by atoms with E-state index in [0.29, 0.717) is 0 Å². The number of rotatable bonds is 2. The lowest BCUT2D eigenvalue weighted by atomic mass is 9.82. The van der Waals surface area contributed by atoms with Gasteiger partial charge in [-0.05, 0) is 64.7 Å². The van der Waals surface area contributed by atoms with Gasteiger partial charge in [0.1, 0.15) is 0 Å². The van der Waals surface area contributed by atoms with Gasteiger partial charge in [-0.25, -0.2) is 0 Å². The van der Waals surface area contributed by atoms with E-state index in [9.17, 15) is 10.1 Å². The largest absolute Gasteiger partial charge is 0.453 e. The maximum atomic E-state index is 11.4. The lowest BCUT2D eigenvalue weighted by molar-refractivity contribution is -0.384. The molecule has 32 heavy (non-hydrogen) atoms. The van der Waals surface area contributed by atoms with E-state index in [-0.39, 0.29) is 16.0 Å². The number of fused-ring (bicyclic) bond motifs is 5. The summed E-state index contributed by atoms with van der Waals surface area (Å²) >= 11 is 0. The van der Waals surface area contributed by atoms with Crippen molar-refractivity contribution in [2.45, 2.75) is 19.3 Å². The zero-order chi connectivity index (χ0) is 22.0. The topological polar surface area (TPSA) is 55.6 Å². The summed E-state index contributed by atoms with van der Waals surface area (Å²) in [7, 11) is 0. The Morgan fingerprint density at radius 1 is 0.781 bits per heavy atom. The Labute approximate surface area is 185 Å². The molecule has 2 aliphatic rings. The molecular weight excluding hydrogens is 400 g/mol. The van der Waals surface area contributed by atoms with Crippen molar-refractivity contribution in [3.8, 4) is 22.6 Å². The van der Waals surface area contributed by atoms with Crippen molar-refractivity contribution < 1.29 is 9.66 Å². The van der Waals surface area contributed by atoms with E-state index in [2.05, 4.69) is 49.1 Å². The summed E-state index contributed by atoms with van der Waals surface area (Å²) < 4.78 is 6.14. The molecule has 0 radical (unpaired) electrons. The predicted molar refractivity (Wildman–Crippen MR) is 125 cm³/mol. The maximum Gasteiger partial charge on any atom is 0.269 e. The first-order valence-corrected chi connectivity index (χ1v) is 10.5. The van der Waals surface area contributed by atoms with Crippen LogP contribution in [0.15, 0.2) is 84.9 Å². The highest BCUT2D eigenvalue weighted by atomic mass is 16.6. The summed E-state index contributed by atoms with van der Waals surface area (Å²) in [5.74, 6) is 1.62. The molecule has 0 saturated carbocycles. The molecule has 6 rings (SSSR count). The first kappa shape index (κ1) is 18.6. The van der Waals surface area contributed by atoms with E-state index in [1.54, 1.807) is 12.1 Å². The molecule has 4 aromatic carbocycles. The van der Waals surface area contributed by atoms with Crippen LogP contribution in [0.2, 0.25) is 0 Å².